The van der Waals surface area contributed by atoms with Crippen molar-refractivity contribution in [3.63, 3.8) is 0 Å². The first-order valence-corrected chi connectivity index (χ1v) is 9.32. The molecule has 0 amide bonds. The Kier molecular flexibility index (Phi) is 5.01. The van der Waals surface area contributed by atoms with E-state index in [1.165, 1.54) is 18.4 Å². The van der Waals surface area contributed by atoms with E-state index in [1.54, 1.807) is 0 Å². The lowest BCUT2D eigenvalue weighted by atomic mass is 9.55. The molecule has 2 aliphatic rings. The van der Waals surface area contributed by atoms with Gasteiger partial charge in [-0.1, -0.05) is 13.8 Å². The predicted molar refractivity (Wildman–Crippen MR) is 98.0 cm³/mol. The van der Waals surface area contributed by atoms with Crippen LogP contribution in [0.2, 0.25) is 0 Å². The molecule has 1 aromatic rings. The van der Waals surface area contributed by atoms with Crippen molar-refractivity contribution in [1.29, 1.82) is 0 Å². The molecule has 0 aromatic carbocycles. The molecule has 1 saturated heterocycles. The van der Waals surface area contributed by atoms with Crippen molar-refractivity contribution in [2.24, 2.45) is 5.41 Å². The molecule has 24 heavy (non-hydrogen) atoms. The summed E-state index contributed by atoms with van der Waals surface area (Å²) in [6.07, 6.45) is 7.36. The minimum absolute atomic E-state index is 0.0151. The Morgan fingerprint density at radius 1 is 1.21 bits per heavy atom. The monoisotopic (exact) mass is 331 g/mol. The fraction of sp³-hybridized carbons (Fsp3) is 0.750. The first-order valence-electron chi connectivity index (χ1n) is 9.32. The zero-order valence-electron chi connectivity index (χ0n) is 15.9. The lowest BCUT2D eigenvalue weighted by Gasteiger charge is -2.60. The van der Waals surface area contributed by atoms with Crippen LogP contribution in [-0.4, -0.2) is 47.8 Å². The van der Waals surface area contributed by atoms with Gasteiger partial charge in [0.05, 0.1) is 5.60 Å². The molecule has 1 aliphatic heterocycles. The molecule has 2 heterocycles. The van der Waals surface area contributed by atoms with E-state index in [-0.39, 0.29) is 11.0 Å². The number of likely N-dealkylation sites (tertiary alicyclic amines) is 1. The molecule has 3 rings (SSSR count). The smallest absolute Gasteiger partial charge is 0.0731 e. The van der Waals surface area contributed by atoms with Crippen molar-refractivity contribution in [1.82, 2.24) is 15.2 Å². The minimum atomic E-state index is 0.0151. The van der Waals surface area contributed by atoms with Gasteiger partial charge in [-0.15, -0.1) is 0 Å². The van der Waals surface area contributed by atoms with Crippen LogP contribution < -0.4 is 5.32 Å². The molecule has 0 radical (unpaired) electrons. The van der Waals surface area contributed by atoms with E-state index in [0.29, 0.717) is 18.1 Å². The molecule has 134 valence electrons. The molecule has 1 aliphatic carbocycles. The first kappa shape index (κ1) is 17.8. The fourth-order valence-electron chi connectivity index (χ4n) is 4.35. The standard InChI is InChI=1S/C20H33N3O/c1-15(16-6-10-21-11-7-16)23-12-8-17(9-13-23)22-18-14-20(4,24-5)19(18,2)3/h6-7,10-11,15,17-18,22H,8-9,12-14H2,1-5H3. The zero-order chi connectivity index (χ0) is 17.4. The van der Waals surface area contributed by atoms with Crippen LogP contribution in [0.1, 0.15) is 58.6 Å². The quantitative estimate of drug-likeness (QED) is 0.897. The third-order valence-corrected chi connectivity index (χ3v) is 6.98. The fourth-order valence-corrected chi connectivity index (χ4v) is 4.35. The SMILES string of the molecule is COC1(C)CC(NC2CCN(C(C)c3ccncc3)CC2)C1(C)C. The maximum Gasteiger partial charge on any atom is 0.0731 e. The van der Waals surface area contributed by atoms with E-state index in [9.17, 15) is 0 Å². The summed E-state index contributed by atoms with van der Waals surface area (Å²) in [5.74, 6) is 0. The van der Waals surface area contributed by atoms with Crippen LogP contribution in [0.4, 0.5) is 0 Å². The number of hydrogen-bond donors (Lipinski definition) is 1. The second-order valence-corrected chi connectivity index (χ2v) is 8.35. The summed E-state index contributed by atoms with van der Waals surface area (Å²) >= 11 is 0. The summed E-state index contributed by atoms with van der Waals surface area (Å²) in [7, 11) is 1.84. The highest BCUT2D eigenvalue weighted by Gasteiger charge is 2.57. The molecule has 3 atom stereocenters. The van der Waals surface area contributed by atoms with Gasteiger partial charge in [0.2, 0.25) is 0 Å². The van der Waals surface area contributed by atoms with E-state index < -0.39 is 0 Å². The highest BCUT2D eigenvalue weighted by atomic mass is 16.5. The van der Waals surface area contributed by atoms with Gasteiger partial charge in [0.25, 0.3) is 0 Å². The lowest BCUT2D eigenvalue weighted by Crippen LogP contribution is -2.69. The highest BCUT2D eigenvalue weighted by molar-refractivity contribution is 5.15. The van der Waals surface area contributed by atoms with Crippen LogP contribution in [0, 0.1) is 5.41 Å². The van der Waals surface area contributed by atoms with E-state index in [0.717, 1.165) is 19.5 Å². The number of methoxy groups -OCH3 is 1. The number of nitrogens with zero attached hydrogens (tertiary/aromatic N) is 2. The molecular weight excluding hydrogens is 298 g/mol. The van der Waals surface area contributed by atoms with Crippen molar-refractivity contribution in [3.05, 3.63) is 30.1 Å². The van der Waals surface area contributed by atoms with Crippen molar-refractivity contribution in [3.8, 4) is 0 Å². The van der Waals surface area contributed by atoms with Gasteiger partial charge in [0.15, 0.2) is 0 Å². The van der Waals surface area contributed by atoms with Gasteiger partial charge >= 0.3 is 0 Å². The third-order valence-electron chi connectivity index (χ3n) is 6.98. The van der Waals surface area contributed by atoms with E-state index in [4.69, 9.17) is 4.74 Å². The lowest BCUT2D eigenvalue weighted by molar-refractivity contribution is -0.183. The van der Waals surface area contributed by atoms with Gasteiger partial charge in [-0.3, -0.25) is 9.88 Å². The van der Waals surface area contributed by atoms with Crippen LogP contribution in [0.5, 0.6) is 0 Å². The third kappa shape index (κ3) is 3.12. The Morgan fingerprint density at radius 3 is 2.38 bits per heavy atom. The number of piperidine rings is 1. The largest absolute Gasteiger partial charge is 0.378 e. The van der Waals surface area contributed by atoms with E-state index >= 15 is 0 Å². The maximum absolute atomic E-state index is 5.75. The Hall–Kier alpha value is -0.970. The molecule has 2 fully saturated rings. The highest BCUT2D eigenvalue weighted by Crippen LogP contribution is 2.51. The molecule has 3 unspecified atom stereocenters. The average molecular weight is 332 g/mol. The van der Waals surface area contributed by atoms with Crippen molar-refractivity contribution < 1.29 is 4.74 Å². The zero-order valence-corrected chi connectivity index (χ0v) is 15.9. The van der Waals surface area contributed by atoms with Gasteiger partial charge in [-0.25, -0.2) is 0 Å². The molecule has 1 N–H and O–H groups in total. The van der Waals surface area contributed by atoms with Crippen LogP contribution in [-0.2, 0) is 4.74 Å². The van der Waals surface area contributed by atoms with Gasteiger partial charge in [-0.05, 0) is 50.8 Å². The van der Waals surface area contributed by atoms with E-state index in [1.807, 2.05) is 19.5 Å². The van der Waals surface area contributed by atoms with Crippen molar-refractivity contribution >= 4 is 0 Å². The van der Waals surface area contributed by atoms with Crippen molar-refractivity contribution in [2.75, 3.05) is 20.2 Å². The molecule has 4 nitrogen and oxygen atoms in total. The summed E-state index contributed by atoms with van der Waals surface area (Å²) in [5.41, 5.74) is 1.58. The molecule has 0 spiro atoms. The topological polar surface area (TPSA) is 37.4 Å². The maximum atomic E-state index is 5.75. The van der Waals surface area contributed by atoms with Crippen LogP contribution in [0.3, 0.4) is 0 Å². The van der Waals surface area contributed by atoms with Crippen LogP contribution in [0.25, 0.3) is 0 Å². The Morgan fingerprint density at radius 2 is 1.83 bits per heavy atom. The normalized spacial score (nSPS) is 32.3. The molecular formula is C20H33N3O. The molecule has 4 heteroatoms. The van der Waals surface area contributed by atoms with Crippen LogP contribution >= 0.6 is 0 Å². The summed E-state index contributed by atoms with van der Waals surface area (Å²) in [4.78, 5) is 6.72. The number of nitrogens with one attached hydrogen (secondary N) is 1. The molecule has 0 bridgehead atoms. The first-order chi connectivity index (χ1) is 11.4. The predicted octanol–water partition coefficient (Wildman–Crippen LogP) is 3.40. The van der Waals surface area contributed by atoms with E-state index in [2.05, 4.69) is 55.0 Å². The van der Waals surface area contributed by atoms with Gasteiger partial charge in [-0.2, -0.15) is 0 Å². The summed E-state index contributed by atoms with van der Waals surface area (Å²) in [6.45, 7) is 11.5. The number of hydrogen-bond acceptors (Lipinski definition) is 4. The number of rotatable bonds is 5. The summed E-state index contributed by atoms with van der Waals surface area (Å²) in [6, 6.07) is 5.95. The molecule has 1 saturated carbocycles. The Labute approximate surface area is 147 Å². The van der Waals surface area contributed by atoms with Gasteiger partial charge < -0.3 is 10.1 Å². The van der Waals surface area contributed by atoms with Gasteiger partial charge in [0, 0.05) is 56.1 Å². The summed E-state index contributed by atoms with van der Waals surface area (Å²) < 4.78 is 5.75. The van der Waals surface area contributed by atoms with Gasteiger partial charge in [0.1, 0.15) is 0 Å². The Balaban J connectivity index is 1.50. The minimum Gasteiger partial charge on any atom is -0.378 e. The van der Waals surface area contributed by atoms with Crippen LogP contribution in [0.15, 0.2) is 24.5 Å². The molecule has 1 aromatic heterocycles. The Bertz CT molecular complexity index is 539. The number of aromatic nitrogens is 1. The number of ether oxygens (including phenoxy) is 1. The van der Waals surface area contributed by atoms with Crippen molar-refractivity contribution in [2.45, 2.75) is 70.7 Å². The second-order valence-electron chi connectivity index (χ2n) is 8.35. The number of pyridine rings is 1. The average Bonchev–Trinajstić information content (AvgIpc) is 2.62. The second kappa shape index (κ2) is 6.74. The summed E-state index contributed by atoms with van der Waals surface area (Å²) in [5, 5.41) is 3.92.